The van der Waals surface area contributed by atoms with Crippen LogP contribution in [-0.2, 0) is 23.9 Å². The van der Waals surface area contributed by atoms with Crippen molar-refractivity contribution in [3.05, 3.63) is 0 Å². The van der Waals surface area contributed by atoms with Gasteiger partial charge in [-0.3, -0.25) is 19.2 Å². The number of primary amides is 1. The van der Waals surface area contributed by atoms with Gasteiger partial charge in [-0.15, -0.1) is 0 Å². The first-order chi connectivity index (χ1) is 22.8. The number of nitrogens with one attached hydrogen (secondary N) is 3. The molecule has 286 valence electrons. The summed E-state index contributed by atoms with van der Waals surface area (Å²) in [4.78, 5) is 67.7. The monoisotopic (exact) mass is 717 g/mol. The van der Waals surface area contributed by atoms with Crippen molar-refractivity contribution in [1.29, 1.82) is 0 Å². The number of hydrogen-bond acceptors (Lipinski definition) is 7. The number of ether oxygens (including phenoxy) is 1. The highest BCUT2D eigenvalue weighted by molar-refractivity contribution is 6.37. The largest absolute Gasteiger partial charge is 0.389 e. The van der Waals surface area contributed by atoms with Gasteiger partial charge in [0.1, 0.15) is 12.1 Å². The van der Waals surface area contributed by atoms with Crippen molar-refractivity contribution in [2.75, 3.05) is 6.54 Å². The van der Waals surface area contributed by atoms with E-state index < -0.39 is 83.6 Å². The van der Waals surface area contributed by atoms with E-state index in [1.165, 1.54) is 4.90 Å². The second kappa shape index (κ2) is 15.7. The Labute approximate surface area is 293 Å². The maximum atomic E-state index is 14.3. The number of aliphatic hydroxyl groups excluding tert-OH is 1. The number of nitrogens with zero attached hydrogens (tertiary/aromatic N) is 1. The average Bonchev–Trinajstić information content (AvgIpc) is 3.24. The van der Waals surface area contributed by atoms with E-state index in [2.05, 4.69) is 16.0 Å². The summed E-state index contributed by atoms with van der Waals surface area (Å²) in [5, 5.41) is 19.0. The van der Waals surface area contributed by atoms with Crippen LogP contribution in [0.5, 0.6) is 0 Å². The molecule has 2 saturated carbocycles. The molecule has 3 unspecified atom stereocenters. The Bertz CT molecular complexity index is 1260. The van der Waals surface area contributed by atoms with Gasteiger partial charge in [-0.25, -0.2) is 4.79 Å². The third kappa shape index (κ3) is 11.0. The number of nitrogens with two attached hydrogens (primary N) is 1. The summed E-state index contributed by atoms with van der Waals surface area (Å²) in [6, 6.07) is -4.98. The summed E-state index contributed by atoms with van der Waals surface area (Å²) >= 11 is 0. The number of carbonyl (C=O) groups is 5. The third-order valence-corrected chi connectivity index (χ3v) is 10.4. The summed E-state index contributed by atoms with van der Waals surface area (Å²) in [7, 11) is 0. The summed E-state index contributed by atoms with van der Waals surface area (Å²) in [6.45, 7) is 14.6. The van der Waals surface area contributed by atoms with Crippen LogP contribution < -0.4 is 21.7 Å². The van der Waals surface area contributed by atoms with Gasteiger partial charge in [0.2, 0.25) is 17.6 Å². The molecule has 0 bridgehead atoms. The van der Waals surface area contributed by atoms with Crippen molar-refractivity contribution in [3.63, 3.8) is 0 Å². The lowest BCUT2D eigenvalue weighted by atomic mass is 9.80. The Morgan fingerprint density at radius 3 is 2.08 bits per heavy atom. The summed E-state index contributed by atoms with van der Waals surface area (Å²) in [6.07, 6.45) is -3.13. The lowest BCUT2D eigenvalue weighted by Crippen LogP contribution is -2.62. The number of rotatable bonds is 16. The average molecular weight is 718 g/mol. The molecule has 1 saturated heterocycles. The molecule has 3 fully saturated rings. The zero-order valence-electron chi connectivity index (χ0n) is 30.7. The number of likely N-dealkylation sites (tertiary alicyclic amines) is 1. The molecule has 0 aromatic rings. The first-order valence-corrected chi connectivity index (χ1v) is 17.8. The number of halogens is 3. The molecule has 5 amide bonds. The van der Waals surface area contributed by atoms with E-state index >= 15 is 0 Å². The predicted molar refractivity (Wildman–Crippen MR) is 179 cm³/mol. The van der Waals surface area contributed by atoms with Crippen molar-refractivity contribution in [2.24, 2.45) is 34.3 Å². The molecule has 3 aliphatic rings. The Balaban J connectivity index is 1.77. The molecule has 0 radical (unpaired) electrons. The standard InChI is InChI=1S/C35H58F3N5O7/c1-32(2,3)26(42-31(49)41-21(30(48)50-33(4,5)6)15-10-9-11-16-35(36,37)38)29(47)43-18-20-23(34(20,7)8)24(43)28(46)40-22(25(44)27(39)45)17-19-13-12-14-19/h19-24,26,30,48H,9-18H2,1-8H3,(H2,39,45)(H,40,46)(H2,41,42,49)/t20-,21?,22?,23-,24-,26+,30?/m0/s1. The maximum Gasteiger partial charge on any atom is 0.389 e. The number of Topliss-reactive ketones (excluding diaryl/α,β-unsaturated/α-hetero) is 1. The molecule has 0 aromatic carbocycles. The van der Waals surface area contributed by atoms with Crippen LogP contribution in [0.4, 0.5) is 18.0 Å². The number of piperidine rings is 1. The van der Waals surface area contributed by atoms with Gasteiger partial charge < -0.3 is 36.4 Å². The SMILES string of the molecule is CC(C)(C)OC(O)C(CCCCCC(F)(F)F)NC(=O)N[C@H](C(=O)N1C[C@H]2[C@@H]([C@H]1C(=O)NC(CC1CCC1)C(=O)C(N)=O)C2(C)C)C(C)(C)C. The van der Waals surface area contributed by atoms with Crippen LogP contribution in [0.2, 0.25) is 0 Å². The Hall–Kier alpha value is -2.94. The topological polar surface area (TPSA) is 180 Å². The number of hydrogen-bond donors (Lipinski definition) is 5. The third-order valence-electron chi connectivity index (χ3n) is 10.4. The van der Waals surface area contributed by atoms with Gasteiger partial charge in [0, 0.05) is 13.0 Å². The van der Waals surface area contributed by atoms with E-state index in [9.17, 15) is 42.3 Å². The Kier molecular flexibility index (Phi) is 13.1. The fraction of sp³-hybridized carbons (Fsp3) is 0.857. The minimum absolute atomic E-state index is 0.0000101. The van der Waals surface area contributed by atoms with Crippen molar-refractivity contribution < 1.29 is 47.0 Å². The fourth-order valence-electron chi connectivity index (χ4n) is 7.29. The lowest BCUT2D eigenvalue weighted by molar-refractivity contribution is -0.179. The summed E-state index contributed by atoms with van der Waals surface area (Å²) in [5.74, 6) is -3.12. The number of aliphatic hydroxyl groups is 1. The zero-order valence-corrected chi connectivity index (χ0v) is 30.7. The number of urea groups is 1. The quantitative estimate of drug-likeness (QED) is 0.0912. The highest BCUT2D eigenvalue weighted by atomic mass is 19.4. The van der Waals surface area contributed by atoms with Crippen LogP contribution in [-0.4, -0.2) is 88.3 Å². The van der Waals surface area contributed by atoms with Gasteiger partial charge in [-0.1, -0.05) is 66.7 Å². The Morgan fingerprint density at radius 2 is 1.58 bits per heavy atom. The van der Waals surface area contributed by atoms with Crippen molar-refractivity contribution in [1.82, 2.24) is 20.9 Å². The molecule has 1 aliphatic heterocycles. The second-order valence-electron chi connectivity index (χ2n) is 17.1. The van der Waals surface area contributed by atoms with Crippen molar-refractivity contribution >= 4 is 29.5 Å². The van der Waals surface area contributed by atoms with E-state index in [4.69, 9.17) is 10.5 Å². The van der Waals surface area contributed by atoms with Gasteiger partial charge in [0.15, 0.2) is 6.29 Å². The fourth-order valence-corrected chi connectivity index (χ4v) is 7.29. The van der Waals surface area contributed by atoms with Gasteiger partial charge in [0.25, 0.3) is 5.91 Å². The molecule has 12 nitrogen and oxygen atoms in total. The first kappa shape index (κ1) is 41.5. The summed E-state index contributed by atoms with van der Waals surface area (Å²) < 4.78 is 43.5. The maximum absolute atomic E-state index is 14.3. The molecule has 6 N–H and O–H groups in total. The molecular weight excluding hydrogens is 659 g/mol. The number of unbranched alkanes of at least 4 members (excludes halogenated alkanes) is 2. The molecule has 0 spiro atoms. The number of carbonyl (C=O) groups excluding carboxylic acids is 5. The smallest absolute Gasteiger partial charge is 0.366 e. The van der Waals surface area contributed by atoms with Crippen LogP contribution in [0.3, 0.4) is 0 Å². The molecule has 50 heavy (non-hydrogen) atoms. The first-order valence-electron chi connectivity index (χ1n) is 17.8. The minimum Gasteiger partial charge on any atom is -0.366 e. The van der Waals surface area contributed by atoms with Crippen LogP contribution in [0.25, 0.3) is 0 Å². The predicted octanol–water partition coefficient (Wildman–Crippen LogP) is 3.93. The molecular formula is C35H58F3N5O7. The molecule has 15 heteroatoms. The van der Waals surface area contributed by atoms with Gasteiger partial charge in [-0.05, 0) is 68.6 Å². The zero-order chi connectivity index (χ0) is 38.0. The number of ketones is 1. The van der Waals surface area contributed by atoms with Gasteiger partial charge >= 0.3 is 12.2 Å². The van der Waals surface area contributed by atoms with Crippen molar-refractivity contribution in [3.8, 4) is 0 Å². The Morgan fingerprint density at radius 1 is 0.960 bits per heavy atom. The van der Waals surface area contributed by atoms with Gasteiger partial charge in [-0.2, -0.15) is 13.2 Å². The van der Waals surface area contributed by atoms with E-state index in [0.29, 0.717) is 0 Å². The van der Waals surface area contributed by atoms with Crippen LogP contribution in [0.15, 0.2) is 0 Å². The molecule has 3 rings (SSSR count). The van der Waals surface area contributed by atoms with E-state index in [-0.39, 0.29) is 61.8 Å². The van der Waals surface area contributed by atoms with Crippen LogP contribution >= 0.6 is 0 Å². The normalized spacial score (nSPS) is 24.2. The van der Waals surface area contributed by atoms with E-state index in [1.54, 1.807) is 41.5 Å². The van der Waals surface area contributed by atoms with E-state index in [0.717, 1.165) is 19.3 Å². The lowest BCUT2D eigenvalue weighted by Gasteiger charge is -2.38. The molecule has 7 atom stereocenters. The van der Waals surface area contributed by atoms with Crippen LogP contribution in [0.1, 0.15) is 113 Å². The number of alkyl halides is 3. The van der Waals surface area contributed by atoms with E-state index in [1.807, 2.05) is 13.8 Å². The highest BCUT2D eigenvalue weighted by Crippen LogP contribution is 2.65. The van der Waals surface area contributed by atoms with Crippen molar-refractivity contribution in [2.45, 2.75) is 155 Å². The molecule has 1 heterocycles. The van der Waals surface area contributed by atoms with Crippen LogP contribution in [0, 0.1) is 28.6 Å². The summed E-state index contributed by atoms with van der Waals surface area (Å²) in [5.41, 5.74) is 3.41. The minimum atomic E-state index is -4.27. The van der Waals surface area contributed by atoms with Gasteiger partial charge in [0.05, 0.1) is 17.7 Å². The second-order valence-corrected chi connectivity index (χ2v) is 17.1. The molecule has 2 aliphatic carbocycles. The molecule has 0 aromatic heterocycles. The number of fused-ring (bicyclic) bond motifs is 1. The number of amides is 5. The highest BCUT2D eigenvalue weighted by Gasteiger charge is 2.70.